The standard InChI is InChI=1S/C17H13Cl2N3/c18-16-2-1-3-17(19)15(16)11-22-14-8-13(9-21-10-14)12-4-6-20-7-5-12/h1-10,22H,11H2. The molecule has 0 aliphatic rings. The topological polar surface area (TPSA) is 37.8 Å². The van der Waals surface area contributed by atoms with E-state index in [-0.39, 0.29) is 0 Å². The molecule has 0 bridgehead atoms. The van der Waals surface area contributed by atoms with Gasteiger partial charge in [-0.2, -0.15) is 0 Å². The van der Waals surface area contributed by atoms with E-state index in [4.69, 9.17) is 23.2 Å². The summed E-state index contributed by atoms with van der Waals surface area (Å²) in [4.78, 5) is 8.29. The largest absolute Gasteiger partial charge is 0.380 e. The molecule has 0 saturated heterocycles. The second kappa shape index (κ2) is 6.77. The van der Waals surface area contributed by atoms with Gasteiger partial charge in [-0.05, 0) is 35.9 Å². The molecule has 0 aliphatic heterocycles. The highest BCUT2D eigenvalue weighted by molar-refractivity contribution is 6.36. The lowest BCUT2D eigenvalue weighted by molar-refractivity contribution is 1.14. The Hall–Kier alpha value is -2.10. The summed E-state index contributed by atoms with van der Waals surface area (Å²) in [6.07, 6.45) is 7.12. The van der Waals surface area contributed by atoms with Gasteiger partial charge in [0, 0.05) is 52.5 Å². The Balaban J connectivity index is 1.79. The van der Waals surface area contributed by atoms with Crippen LogP contribution in [-0.2, 0) is 6.54 Å². The average Bonchev–Trinajstić information content (AvgIpc) is 2.55. The molecular formula is C17H13Cl2N3. The van der Waals surface area contributed by atoms with Gasteiger partial charge in [-0.15, -0.1) is 0 Å². The molecule has 5 heteroatoms. The van der Waals surface area contributed by atoms with Crippen molar-refractivity contribution in [2.75, 3.05) is 5.32 Å². The second-order valence-corrected chi connectivity index (χ2v) is 5.57. The lowest BCUT2D eigenvalue weighted by Crippen LogP contribution is -2.01. The molecule has 2 aromatic heterocycles. The SMILES string of the molecule is Clc1cccc(Cl)c1CNc1cncc(-c2ccncc2)c1. The second-order valence-electron chi connectivity index (χ2n) is 4.75. The van der Waals surface area contributed by atoms with Gasteiger partial charge in [0.25, 0.3) is 0 Å². The van der Waals surface area contributed by atoms with E-state index in [1.54, 1.807) is 18.6 Å². The third kappa shape index (κ3) is 3.38. The Morgan fingerprint density at radius 3 is 2.32 bits per heavy atom. The number of benzene rings is 1. The van der Waals surface area contributed by atoms with E-state index in [1.165, 1.54) is 0 Å². The molecule has 1 aromatic carbocycles. The predicted molar refractivity (Wildman–Crippen MR) is 91.3 cm³/mol. The lowest BCUT2D eigenvalue weighted by atomic mass is 10.1. The summed E-state index contributed by atoms with van der Waals surface area (Å²) in [5, 5.41) is 4.61. The summed E-state index contributed by atoms with van der Waals surface area (Å²) < 4.78 is 0. The van der Waals surface area contributed by atoms with Crippen LogP contribution in [0.5, 0.6) is 0 Å². The first-order valence-corrected chi connectivity index (χ1v) is 7.52. The molecule has 3 rings (SSSR count). The van der Waals surface area contributed by atoms with E-state index in [9.17, 15) is 0 Å². The monoisotopic (exact) mass is 329 g/mol. The Bertz CT molecular complexity index is 756. The minimum atomic E-state index is 0.542. The average molecular weight is 330 g/mol. The van der Waals surface area contributed by atoms with Gasteiger partial charge in [0.2, 0.25) is 0 Å². The molecule has 3 nitrogen and oxygen atoms in total. The molecule has 1 N–H and O–H groups in total. The first kappa shape index (κ1) is 14.8. The molecular weight excluding hydrogens is 317 g/mol. The van der Waals surface area contributed by atoms with E-state index in [2.05, 4.69) is 15.3 Å². The highest BCUT2D eigenvalue weighted by atomic mass is 35.5. The van der Waals surface area contributed by atoms with E-state index in [1.807, 2.05) is 42.6 Å². The molecule has 0 saturated carbocycles. The van der Waals surface area contributed by atoms with E-state index >= 15 is 0 Å². The lowest BCUT2D eigenvalue weighted by Gasteiger charge is -2.10. The third-order valence-corrected chi connectivity index (χ3v) is 3.99. The van der Waals surface area contributed by atoms with Crippen LogP contribution in [0.25, 0.3) is 11.1 Å². The number of pyridine rings is 2. The maximum atomic E-state index is 6.18. The molecule has 0 amide bonds. The smallest absolute Gasteiger partial charge is 0.0535 e. The van der Waals surface area contributed by atoms with Crippen LogP contribution < -0.4 is 5.32 Å². The molecule has 0 fully saturated rings. The van der Waals surface area contributed by atoms with Crippen molar-refractivity contribution in [1.29, 1.82) is 0 Å². The first-order valence-electron chi connectivity index (χ1n) is 6.76. The molecule has 2 heterocycles. The highest BCUT2D eigenvalue weighted by Crippen LogP contribution is 2.26. The zero-order chi connectivity index (χ0) is 15.4. The minimum absolute atomic E-state index is 0.542. The molecule has 0 spiro atoms. The fraction of sp³-hybridized carbons (Fsp3) is 0.0588. The third-order valence-electron chi connectivity index (χ3n) is 3.28. The predicted octanol–water partition coefficient (Wildman–Crippen LogP) is 5.06. The molecule has 110 valence electrons. The fourth-order valence-electron chi connectivity index (χ4n) is 2.13. The zero-order valence-corrected chi connectivity index (χ0v) is 13.1. The molecule has 0 unspecified atom stereocenters. The van der Waals surface area contributed by atoms with Crippen molar-refractivity contribution in [3.05, 3.63) is 76.8 Å². The fourth-order valence-corrected chi connectivity index (χ4v) is 2.66. The number of anilines is 1. The van der Waals surface area contributed by atoms with E-state index in [0.717, 1.165) is 22.4 Å². The number of hydrogen-bond donors (Lipinski definition) is 1. The van der Waals surface area contributed by atoms with E-state index < -0.39 is 0 Å². The summed E-state index contributed by atoms with van der Waals surface area (Å²) >= 11 is 12.4. The molecule has 0 aliphatic carbocycles. The normalized spacial score (nSPS) is 10.5. The Morgan fingerprint density at radius 2 is 1.59 bits per heavy atom. The van der Waals surface area contributed by atoms with Crippen molar-refractivity contribution in [1.82, 2.24) is 9.97 Å². The Labute approximate surface area is 139 Å². The van der Waals surface area contributed by atoms with Gasteiger partial charge in [-0.25, -0.2) is 0 Å². The van der Waals surface area contributed by atoms with Crippen molar-refractivity contribution in [3.8, 4) is 11.1 Å². The number of halogens is 2. The van der Waals surface area contributed by atoms with Crippen LogP contribution in [0.15, 0.2) is 61.2 Å². The molecule has 0 radical (unpaired) electrons. The minimum Gasteiger partial charge on any atom is -0.380 e. The van der Waals surface area contributed by atoms with Crippen LogP contribution in [0.4, 0.5) is 5.69 Å². The number of hydrogen-bond acceptors (Lipinski definition) is 3. The number of nitrogens with zero attached hydrogens (tertiary/aromatic N) is 2. The van der Waals surface area contributed by atoms with Crippen LogP contribution in [-0.4, -0.2) is 9.97 Å². The summed E-state index contributed by atoms with van der Waals surface area (Å²) in [7, 11) is 0. The Kier molecular flexibility index (Phi) is 4.56. The number of nitrogens with one attached hydrogen (secondary N) is 1. The van der Waals surface area contributed by atoms with E-state index in [0.29, 0.717) is 16.6 Å². The van der Waals surface area contributed by atoms with Crippen LogP contribution in [0.1, 0.15) is 5.56 Å². The van der Waals surface area contributed by atoms with Gasteiger partial charge in [0.05, 0.1) is 5.69 Å². The summed E-state index contributed by atoms with van der Waals surface area (Å²) in [5.74, 6) is 0. The van der Waals surface area contributed by atoms with Crippen molar-refractivity contribution in [2.45, 2.75) is 6.54 Å². The van der Waals surface area contributed by atoms with Crippen LogP contribution >= 0.6 is 23.2 Å². The van der Waals surface area contributed by atoms with Crippen LogP contribution in [0.3, 0.4) is 0 Å². The molecule has 3 aromatic rings. The summed E-state index contributed by atoms with van der Waals surface area (Å²) in [6.45, 7) is 0.542. The zero-order valence-electron chi connectivity index (χ0n) is 11.6. The van der Waals surface area contributed by atoms with Crippen molar-refractivity contribution < 1.29 is 0 Å². The number of rotatable bonds is 4. The van der Waals surface area contributed by atoms with Crippen molar-refractivity contribution in [3.63, 3.8) is 0 Å². The summed E-state index contributed by atoms with van der Waals surface area (Å²) in [5.41, 5.74) is 3.88. The highest BCUT2D eigenvalue weighted by Gasteiger charge is 2.06. The van der Waals surface area contributed by atoms with Crippen molar-refractivity contribution >= 4 is 28.9 Å². The van der Waals surface area contributed by atoms with Gasteiger partial charge < -0.3 is 5.32 Å². The maximum absolute atomic E-state index is 6.18. The van der Waals surface area contributed by atoms with Gasteiger partial charge >= 0.3 is 0 Å². The first-order chi connectivity index (χ1) is 10.7. The van der Waals surface area contributed by atoms with Crippen LogP contribution in [0, 0.1) is 0 Å². The van der Waals surface area contributed by atoms with Gasteiger partial charge in [-0.3, -0.25) is 9.97 Å². The maximum Gasteiger partial charge on any atom is 0.0535 e. The molecule has 22 heavy (non-hydrogen) atoms. The quantitative estimate of drug-likeness (QED) is 0.726. The molecule has 0 atom stereocenters. The summed E-state index contributed by atoms with van der Waals surface area (Å²) in [6, 6.07) is 11.4. The number of aromatic nitrogens is 2. The van der Waals surface area contributed by atoms with Gasteiger partial charge in [0.15, 0.2) is 0 Å². The van der Waals surface area contributed by atoms with Crippen molar-refractivity contribution in [2.24, 2.45) is 0 Å². The van der Waals surface area contributed by atoms with Crippen LogP contribution in [0.2, 0.25) is 10.0 Å². The van der Waals surface area contributed by atoms with Gasteiger partial charge in [-0.1, -0.05) is 29.3 Å². The van der Waals surface area contributed by atoms with Gasteiger partial charge in [0.1, 0.15) is 0 Å². The Morgan fingerprint density at radius 1 is 0.864 bits per heavy atom.